The van der Waals surface area contributed by atoms with E-state index in [0.717, 1.165) is 48.3 Å². The van der Waals surface area contributed by atoms with Crippen molar-refractivity contribution in [2.24, 2.45) is 0 Å². The summed E-state index contributed by atoms with van der Waals surface area (Å²) in [5.74, 6) is 1.82. The van der Waals surface area contributed by atoms with E-state index in [0.29, 0.717) is 12.3 Å². The second-order valence-corrected chi connectivity index (χ2v) is 9.35. The Hall–Kier alpha value is -2.47. The van der Waals surface area contributed by atoms with Crippen LogP contribution in [0.4, 0.5) is 0 Å². The third kappa shape index (κ3) is 7.30. The van der Waals surface area contributed by atoms with Gasteiger partial charge >= 0.3 is 0 Å². The lowest BCUT2D eigenvalue weighted by molar-refractivity contribution is -0.139. The average molecular weight is 455 g/mol. The number of ether oxygens (including phenoxy) is 1. The SMILES string of the molecule is COc1ccc(CSCC(=O)N(Cc2ccccc2)[C@@H](C)C(=O)NC2CCCCC2)cc1. The molecule has 3 rings (SSSR count). The van der Waals surface area contributed by atoms with Crippen LogP contribution in [-0.2, 0) is 21.9 Å². The van der Waals surface area contributed by atoms with Crippen molar-refractivity contribution in [3.05, 3.63) is 65.7 Å². The maximum atomic E-state index is 13.2. The first-order valence-electron chi connectivity index (χ1n) is 11.4. The van der Waals surface area contributed by atoms with Crippen LogP contribution in [-0.4, -0.2) is 41.7 Å². The standard InChI is InChI=1S/C26H34N2O3S/c1-20(26(30)27-23-11-7-4-8-12-23)28(17-21-9-5-3-6-10-21)25(29)19-32-18-22-13-15-24(31-2)16-14-22/h3,5-6,9-10,13-16,20,23H,4,7-8,11-12,17-19H2,1-2H3,(H,27,30)/t20-/m0/s1. The highest BCUT2D eigenvalue weighted by molar-refractivity contribution is 7.99. The smallest absolute Gasteiger partial charge is 0.242 e. The molecule has 1 atom stereocenters. The van der Waals surface area contributed by atoms with Crippen LogP contribution in [0, 0.1) is 0 Å². The predicted molar refractivity (Wildman–Crippen MR) is 131 cm³/mol. The number of thioether (sulfide) groups is 1. The minimum absolute atomic E-state index is 0.0151. The second kappa shape index (κ2) is 12.5. The normalized spacial score (nSPS) is 15.1. The third-order valence-corrected chi connectivity index (χ3v) is 6.96. The van der Waals surface area contributed by atoms with E-state index in [4.69, 9.17) is 4.74 Å². The molecule has 0 saturated heterocycles. The number of hydrogen-bond acceptors (Lipinski definition) is 4. The van der Waals surface area contributed by atoms with Crippen LogP contribution in [0.2, 0.25) is 0 Å². The van der Waals surface area contributed by atoms with Gasteiger partial charge in [-0.1, -0.05) is 61.7 Å². The third-order valence-electron chi connectivity index (χ3n) is 5.97. The molecule has 0 spiro atoms. The van der Waals surface area contributed by atoms with E-state index < -0.39 is 6.04 Å². The van der Waals surface area contributed by atoms with E-state index in [1.54, 1.807) is 23.8 Å². The Morgan fingerprint density at radius 3 is 2.38 bits per heavy atom. The molecule has 6 heteroatoms. The maximum absolute atomic E-state index is 13.2. The van der Waals surface area contributed by atoms with Crippen molar-refractivity contribution in [3.8, 4) is 5.75 Å². The minimum Gasteiger partial charge on any atom is -0.497 e. The second-order valence-electron chi connectivity index (χ2n) is 8.37. The van der Waals surface area contributed by atoms with Gasteiger partial charge in [0.25, 0.3) is 0 Å². The summed E-state index contributed by atoms with van der Waals surface area (Å²) < 4.78 is 5.20. The van der Waals surface area contributed by atoms with Gasteiger partial charge in [0.2, 0.25) is 11.8 Å². The van der Waals surface area contributed by atoms with E-state index in [2.05, 4.69) is 5.32 Å². The van der Waals surface area contributed by atoms with Crippen LogP contribution in [0.15, 0.2) is 54.6 Å². The highest BCUT2D eigenvalue weighted by Crippen LogP contribution is 2.20. The van der Waals surface area contributed by atoms with Crippen molar-refractivity contribution in [2.75, 3.05) is 12.9 Å². The van der Waals surface area contributed by atoms with Crippen LogP contribution in [0.5, 0.6) is 5.75 Å². The van der Waals surface area contributed by atoms with Crippen molar-refractivity contribution < 1.29 is 14.3 Å². The summed E-state index contributed by atoms with van der Waals surface area (Å²) in [6, 6.07) is 17.5. The maximum Gasteiger partial charge on any atom is 0.242 e. The van der Waals surface area contributed by atoms with Gasteiger partial charge in [0, 0.05) is 18.3 Å². The Kier molecular flexibility index (Phi) is 9.47. The lowest BCUT2D eigenvalue weighted by Gasteiger charge is -2.31. The zero-order valence-electron chi connectivity index (χ0n) is 19.1. The summed E-state index contributed by atoms with van der Waals surface area (Å²) in [4.78, 5) is 27.9. The lowest BCUT2D eigenvalue weighted by Crippen LogP contribution is -2.50. The zero-order valence-corrected chi connectivity index (χ0v) is 19.9. The van der Waals surface area contributed by atoms with Gasteiger partial charge in [-0.3, -0.25) is 9.59 Å². The van der Waals surface area contributed by atoms with Gasteiger partial charge < -0.3 is 15.0 Å². The summed E-state index contributed by atoms with van der Waals surface area (Å²) in [6.07, 6.45) is 5.62. The van der Waals surface area contributed by atoms with E-state index in [9.17, 15) is 9.59 Å². The van der Waals surface area contributed by atoms with Gasteiger partial charge in [-0.2, -0.15) is 0 Å². The molecule has 172 valence electrons. The number of methoxy groups -OCH3 is 1. The van der Waals surface area contributed by atoms with Crippen LogP contribution >= 0.6 is 11.8 Å². The van der Waals surface area contributed by atoms with Crippen LogP contribution in [0.1, 0.15) is 50.2 Å². The summed E-state index contributed by atoms with van der Waals surface area (Å²) in [6.45, 7) is 2.27. The molecule has 0 unspecified atom stereocenters. The number of rotatable bonds is 10. The summed E-state index contributed by atoms with van der Waals surface area (Å²) in [5.41, 5.74) is 2.17. The molecule has 1 aliphatic carbocycles. The molecule has 1 N–H and O–H groups in total. The number of hydrogen-bond donors (Lipinski definition) is 1. The lowest BCUT2D eigenvalue weighted by atomic mass is 9.95. The Bertz CT molecular complexity index is 851. The summed E-state index contributed by atoms with van der Waals surface area (Å²) >= 11 is 1.57. The first-order valence-corrected chi connectivity index (χ1v) is 12.6. The van der Waals surface area contributed by atoms with Crippen molar-refractivity contribution in [1.82, 2.24) is 10.2 Å². The van der Waals surface area contributed by atoms with E-state index in [1.807, 2.05) is 61.5 Å². The van der Waals surface area contributed by atoms with Gasteiger partial charge in [-0.05, 0) is 43.0 Å². The van der Waals surface area contributed by atoms with Crippen LogP contribution < -0.4 is 10.1 Å². The molecule has 0 radical (unpaired) electrons. The first kappa shape index (κ1) is 24.2. The number of nitrogens with one attached hydrogen (secondary N) is 1. The van der Waals surface area contributed by atoms with Crippen molar-refractivity contribution in [2.45, 2.75) is 63.4 Å². The highest BCUT2D eigenvalue weighted by atomic mass is 32.2. The highest BCUT2D eigenvalue weighted by Gasteiger charge is 2.28. The number of carbonyl (C=O) groups is 2. The molecule has 0 aromatic heterocycles. The molecule has 2 amide bonds. The Labute approximate surface area is 195 Å². The molecule has 0 bridgehead atoms. The van der Waals surface area contributed by atoms with Gasteiger partial charge in [0.1, 0.15) is 11.8 Å². The van der Waals surface area contributed by atoms with E-state index >= 15 is 0 Å². The van der Waals surface area contributed by atoms with Gasteiger partial charge in [0.15, 0.2) is 0 Å². The number of amides is 2. The van der Waals surface area contributed by atoms with E-state index in [-0.39, 0.29) is 17.9 Å². The fourth-order valence-electron chi connectivity index (χ4n) is 3.99. The number of nitrogens with zero attached hydrogens (tertiary/aromatic N) is 1. The molecule has 5 nitrogen and oxygen atoms in total. The molecule has 2 aromatic rings. The van der Waals surface area contributed by atoms with Gasteiger partial charge in [-0.25, -0.2) is 0 Å². The number of benzene rings is 2. The molecule has 32 heavy (non-hydrogen) atoms. The molecule has 1 aliphatic rings. The van der Waals surface area contributed by atoms with Crippen molar-refractivity contribution in [1.29, 1.82) is 0 Å². The predicted octanol–water partition coefficient (Wildman–Crippen LogP) is 4.79. The van der Waals surface area contributed by atoms with Crippen molar-refractivity contribution >= 4 is 23.6 Å². The Morgan fingerprint density at radius 2 is 1.72 bits per heavy atom. The largest absolute Gasteiger partial charge is 0.497 e. The Balaban J connectivity index is 1.61. The van der Waals surface area contributed by atoms with Gasteiger partial charge in [-0.15, -0.1) is 11.8 Å². The topological polar surface area (TPSA) is 58.6 Å². The molecule has 0 heterocycles. The minimum atomic E-state index is -0.508. The Morgan fingerprint density at radius 1 is 1.03 bits per heavy atom. The van der Waals surface area contributed by atoms with Gasteiger partial charge in [0.05, 0.1) is 12.9 Å². The summed E-state index contributed by atoms with van der Waals surface area (Å²) in [5, 5.41) is 3.18. The summed E-state index contributed by atoms with van der Waals surface area (Å²) in [7, 11) is 1.65. The van der Waals surface area contributed by atoms with Crippen LogP contribution in [0.3, 0.4) is 0 Å². The fraction of sp³-hybridized carbons (Fsp3) is 0.462. The molecule has 0 aliphatic heterocycles. The van der Waals surface area contributed by atoms with E-state index in [1.165, 1.54) is 6.42 Å². The molecular formula is C26H34N2O3S. The fourth-order valence-corrected chi connectivity index (χ4v) is 4.86. The molecule has 1 saturated carbocycles. The first-order chi connectivity index (χ1) is 15.6. The van der Waals surface area contributed by atoms with Crippen molar-refractivity contribution in [3.63, 3.8) is 0 Å². The molecule has 1 fully saturated rings. The average Bonchev–Trinajstić information content (AvgIpc) is 2.83. The quantitative estimate of drug-likeness (QED) is 0.561. The zero-order chi connectivity index (χ0) is 22.8. The van der Waals surface area contributed by atoms with Crippen LogP contribution in [0.25, 0.3) is 0 Å². The molecular weight excluding hydrogens is 420 g/mol. The monoisotopic (exact) mass is 454 g/mol. The molecule has 2 aromatic carbocycles. The number of carbonyl (C=O) groups excluding carboxylic acids is 2.